The van der Waals surface area contributed by atoms with E-state index < -0.39 is 47.9 Å². The van der Waals surface area contributed by atoms with Crippen molar-refractivity contribution in [2.45, 2.75) is 50.9 Å². The first-order valence-corrected chi connectivity index (χ1v) is 9.18. The summed E-state index contributed by atoms with van der Waals surface area (Å²) >= 11 is 3.98. The molecule has 4 unspecified atom stereocenters. The predicted octanol–water partition coefficient (Wildman–Crippen LogP) is -3.12. The molecule has 28 heavy (non-hydrogen) atoms. The molecule has 0 aromatic rings. The van der Waals surface area contributed by atoms with E-state index in [1.165, 1.54) is 13.8 Å². The summed E-state index contributed by atoms with van der Waals surface area (Å²) in [6.45, 7) is 3.04. The van der Waals surface area contributed by atoms with Gasteiger partial charge in [0.15, 0.2) is 5.96 Å². The quantitative estimate of drug-likeness (QED) is 0.0698. The van der Waals surface area contributed by atoms with E-state index in [-0.39, 0.29) is 11.7 Å². The molecule has 0 aliphatic carbocycles. The number of hydrogen-bond acceptors (Lipinski definition) is 7. The molecule has 0 aliphatic heterocycles. The van der Waals surface area contributed by atoms with Gasteiger partial charge >= 0.3 is 5.97 Å². The van der Waals surface area contributed by atoms with Crippen molar-refractivity contribution in [2.24, 2.45) is 22.2 Å². The molecule has 0 radical (unpaired) electrons. The van der Waals surface area contributed by atoms with Crippen LogP contribution in [0.3, 0.4) is 0 Å². The minimum atomic E-state index is -1.22. The standard InChI is InChI=1S/C15H29N7O5S/c1-7(20-12(24)9(16)4-3-5-19-15(17)18)11(23)22-10(6-28)13(25)21-8(2)14(26)27/h7-10,28H,3-6,16H2,1-2H3,(H,20,24)(H,21,25)(H,22,23)(H,26,27)(H4,17,18,19). The molecular formula is C15H29N7O5S. The second kappa shape index (κ2) is 12.8. The van der Waals surface area contributed by atoms with E-state index in [1.807, 2.05) is 0 Å². The van der Waals surface area contributed by atoms with Crippen LogP contribution in [0.15, 0.2) is 4.99 Å². The van der Waals surface area contributed by atoms with Crippen LogP contribution in [0, 0.1) is 0 Å². The van der Waals surface area contributed by atoms with Crippen molar-refractivity contribution in [2.75, 3.05) is 12.3 Å². The van der Waals surface area contributed by atoms with Crippen molar-refractivity contribution >= 4 is 42.3 Å². The van der Waals surface area contributed by atoms with Crippen molar-refractivity contribution in [1.82, 2.24) is 16.0 Å². The normalized spacial score (nSPS) is 14.7. The average Bonchev–Trinajstić information content (AvgIpc) is 2.61. The monoisotopic (exact) mass is 419 g/mol. The van der Waals surface area contributed by atoms with Crippen LogP contribution in [-0.4, -0.2) is 71.2 Å². The Hall–Kier alpha value is -2.54. The van der Waals surface area contributed by atoms with Gasteiger partial charge in [-0.05, 0) is 26.7 Å². The van der Waals surface area contributed by atoms with Crippen LogP contribution in [0.4, 0.5) is 0 Å². The molecule has 0 rings (SSSR count). The number of guanidine groups is 1. The molecule has 0 spiro atoms. The lowest BCUT2D eigenvalue weighted by molar-refractivity contribution is -0.141. The number of aliphatic imine (C=N–C) groups is 1. The van der Waals surface area contributed by atoms with Crippen LogP contribution in [0.5, 0.6) is 0 Å². The Kier molecular flexibility index (Phi) is 11.6. The number of amides is 3. The molecule has 0 bridgehead atoms. The largest absolute Gasteiger partial charge is 0.480 e. The number of thiol groups is 1. The maximum absolute atomic E-state index is 12.2. The van der Waals surface area contributed by atoms with Gasteiger partial charge in [0.25, 0.3) is 0 Å². The zero-order chi connectivity index (χ0) is 21.9. The smallest absolute Gasteiger partial charge is 0.325 e. The second-order valence-electron chi connectivity index (χ2n) is 6.10. The van der Waals surface area contributed by atoms with E-state index >= 15 is 0 Å². The SMILES string of the molecule is CC(NC(=O)C(CS)NC(=O)C(C)NC(=O)C(N)CCCN=C(N)N)C(=O)O. The van der Waals surface area contributed by atoms with Gasteiger partial charge in [0.05, 0.1) is 6.04 Å². The number of nitrogens with one attached hydrogen (secondary N) is 3. The molecular weight excluding hydrogens is 390 g/mol. The summed E-state index contributed by atoms with van der Waals surface area (Å²) in [5, 5.41) is 15.9. The van der Waals surface area contributed by atoms with Gasteiger partial charge in [0, 0.05) is 12.3 Å². The fraction of sp³-hybridized carbons (Fsp3) is 0.667. The molecule has 0 saturated heterocycles. The lowest BCUT2D eigenvalue weighted by atomic mass is 10.1. The van der Waals surface area contributed by atoms with Crippen molar-refractivity contribution in [3.63, 3.8) is 0 Å². The van der Waals surface area contributed by atoms with Gasteiger partial charge in [-0.3, -0.25) is 24.2 Å². The Morgan fingerprint density at radius 1 is 1.00 bits per heavy atom. The van der Waals surface area contributed by atoms with E-state index in [1.54, 1.807) is 0 Å². The molecule has 10 N–H and O–H groups in total. The van der Waals surface area contributed by atoms with E-state index in [2.05, 4.69) is 33.6 Å². The molecule has 0 saturated carbocycles. The summed E-state index contributed by atoms with van der Waals surface area (Å²) in [6.07, 6.45) is 0.794. The Morgan fingerprint density at radius 3 is 2.07 bits per heavy atom. The van der Waals surface area contributed by atoms with E-state index in [0.717, 1.165) is 0 Å². The first-order valence-electron chi connectivity index (χ1n) is 8.55. The Labute approximate surface area is 168 Å². The Balaban J connectivity index is 4.54. The number of carboxylic acid groups (broad SMARTS) is 1. The summed E-state index contributed by atoms with van der Waals surface area (Å²) in [7, 11) is 0. The fourth-order valence-corrected chi connectivity index (χ4v) is 2.16. The maximum Gasteiger partial charge on any atom is 0.325 e. The van der Waals surface area contributed by atoms with Crippen LogP contribution in [0.25, 0.3) is 0 Å². The van der Waals surface area contributed by atoms with Gasteiger partial charge in [0.1, 0.15) is 18.1 Å². The summed E-state index contributed by atoms with van der Waals surface area (Å²) in [5.41, 5.74) is 16.1. The third kappa shape index (κ3) is 9.97. The number of nitrogens with two attached hydrogens (primary N) is 3. The van der Waals surface area contributed by atoms with Crippen molar-refractivity contribution in [3.8, 4) is 0 Å². The van der Waals surface area contributed by atoms with Gasteiger partial charge in [-0.25, -0.2) is 0 Å². The van der Waals surface area contributed by atoms with Gasteiger partial charge in [-0.15, -0.1) is 0 Å². The highest BCUT2D eigenvalue weighted by Gasteiger charge is 2.26. The molecule has 0 fully saturated rings. The van der Waals surface area contributed by atoms with Crippen LogP contribution in [0.1, 0.15) is 26.7 Å². The highest BCUT2D eigenvalue weighted by molar-refractivity contribution is 7.80. The summed E-state index contributed by atoms with van der Waals surface area (Å²) in [4.78, 5) is 50.8. The maximum atomic E-state index is 12.2. The molecule has 0 aromatic heterocycles. The van der Waals surface area contributed by atoms with Gasteiger partial charge in [0.2, 0.25) is 17.7 Å². The number of carbonyl (C=O) groups excluding carboxylic acids is 3. The topological polar surface area (TPSA) is 215 Å². The minimum absolute atomic E-state index is 0.0520. The van der Waals surface area contributed by atoms with Gasteiger partial charge in [-0.2, -0.15) is 12.6 Å². The van der Waals surface area contributed by atoms with Crippen LogP contribution < -0.4 is 33.2 Å². The third-order valence-electron chi connectivity index (χ3n) is 3.60. The molecule has 3 amide bonds. The lowest BCUT2D eigenvalue weighted by Gasteiger charge is -2.21. The second-order valence-corrected chi connectivity index (χ2v) is 6.46. The third-order valence-corrected chi connectivity index (χ3v) is 3.97. The van der Waals surface area contributed by atoms with Crippen LogP contribution in [-0.2, 0) is 19.2 Å². The summed E-state index contributed by atoms with van der Waals surface area (Å²) < 4.78 is 0. The average molecular weight is 420 g/mol. The van der Waals surface area contributed by atoms with E-state index in [9.17, 15) is 19.2 Å². The summed E-state index contributed by atoms with van der Waals surface area (Å²) in [6, 6.07) is -4.01. The number of carbonyl (C=O) groups is 4. The predicted molar refractivity (Wildman–Crippen MR) is 107 cm³/mol. The highest BCUT2D eigenvalue weighted by Crippen LogP contribution is 1.98. The first kappa shape index (κ1) is 25.5. The number of rotatable bonds is 12. The van der Waals surface area contributed by atoms with Gasteiger partial charge in [-0.1, -0.05) is 0 Å². The van der Waals surface area contributed by atoms with Crippen molar-refractivity contribution in [1.29, 1.82) is 0 Å². The molecule has 160 valence electrons. The number of carboxylic acids is 1. The zero-order valence-corrected chi connectivity index (χ0v) is 16.7. The number of hydrogen-bond donors (Lipinski definition) is 8. The first-order chi connectivity index (χ1) is 13.0. The molecule has 13 heteroatoms. The Morgan fingerprint density at radius 2 is 1.57 bits per heavy atom. The lowest BCUT2D eigenvalue weighted by Crippen LogP contribution is -2.56. The van der Waals surface area contributed by atoms with Crippen molar-refractivity contribution < 1.29 is 24.3 Å². The summed E-state index contributed by atoms with van der Waals surface area (Å²) in [5.74, 6) is -3.21. The van der Waals surface area contributed by atoms with E-state index in [0.29, 0.717) is 19.4 Å². The van der Waals surface area contributed by atoms with Gasteiger partial charge < -0.3 is 38.3 Å². The van der Waals surface area contributed by atoms with Crippen LogP contribution >= 0.6 is 12.6 Å². The molecule has 0 heterocycles. The van der Waals surface area contributed by atoms with E-state index in [4.69, 9.17) is 22.3 Å². The molecule has 12 nitrogen and oxygen atoms in total. The number of nitrogens with zero attached hydrogens (tertiary/aromatic N) is 1. The minimum Gasteiger partial charge on any atom is -0.480 e. The zero-order valence-electron chi connectivity index (χ0n) is 15.8. The molecule has 4 atom stereocenters. The fourth-order valence-electron chi connectivity index (χ4n) is 1.90. The molecule has 0 aromatic carbocycles. The number of aliphatic carboxylic acids is 1. The van der Waals surface area contributed by atoms with Crippen LogP contribution in [0.2, 0.25) is 0 Å². The molecule has 0 aliphatic rings. The van der Waals surface area contributed by atoms with Crippen molar-refractivity contribution in [3.05, 3.63) is 0 Å². The highest BCUT2D eigenvalue weighted by atomic mass is 32.1. The Bertz CT molecular complexity index is 597.